The van der Waals surface area contributed by atoms with E-state index in [1.54, 1.807) is 0 Å². The van der Waals surface area contributed by atoms with E-state index in [0.717, 1.165) is 19.3 Å². The van der Waals surface area contributed by atoms with E-state index in [0.29, 0.717) is 0 Å². The summed E-state index contributed by atoms with van der Waals surface area (Å²) in [7, 11) is 0. The first-order valence-electron chi connectivity index (χ1n) is 9.24. The summed E-state index contributed by atoms with van der Waals surface area (Å²) in [5.74, 6) is 0. The molecule has 148 valence electrons. The molecule has 0 saturated carbocycles. The summed E-state index contributed by atoms with van der Waals surface area (Å²) in [6, 6.07) is 22.1. The topological polar surface area (TPSA) is 0 Å². The number of hydrogen-bond donors (Lipinski definition) is 0. The minimum absolute atomic E-state index is 0. The molecule has 0 aromatic heterocycles. The second kappa shape index (κ2) is 14.5. The maximum absolute atomic E-state index is 3.77. The molecule has 0 fully saturated rings. The van der Waals surface area contributed by atoms with Crippen molar-refractivity contribution < 1.29 is 58.9 Å². The summed E-state index contributed by atoms with van der Waals surface area (Å²) in [5.41, 5.74) is 5.55. The van der Waals surface area contributed by atoms with Crippen molar-refractivity contribution in [3.8, 4) is 0 Å². The summed E-state index contributed by atoms with van der Waals surface area (Å²) in [4.78, 5) is 0. The van der Waals surface area contributed by atoms with Crippen molar-refractivity contribution in [1.82, 2.24) is 0 Å². The second-order valence-corrected chi connectivity index (χ2v) is 6.63. The first-order valence-corrected chi connectivity index (χ1v) is 9.24. The van der Waals surface area contributed by atoms with Crippen LogP contribution in [-0.2, 0) is 27.1 Å². The zero-order valence-electron chi connectivity index (χ0n) is 16.5. The van der Waals surface area contributed by atoms with E-state index in [1.807, 2.05) is 0 Å². The van der Waals surface area contributed by atoms with Gasteiger partial charge in [0.05, 0.1) is 0 Å². The molecule has 28 heavy (non-hydrogen) atoms. The molecule has 0 spiro atoms. The Morgan fingerprint density at radius 1 is 0.821 bits per heavy atom. The zero-order chi connectivity index (χ0) is 16.8. The molecule has 1 aliphatic rings. The first-order chi connectivity index (χ1) is 11.8. The fourth-order valence-corrected chi connectivity index (χ4v) is 3.88. The molecule has 0 amide bonds. The van der Waals surface area contributed by atoms with E-state index in [4.69, 9.17) is 0 Å². The van der Waals surface area contributed by atoms with Crippen molar-refractivity contribution in [2.75, 3.05) is 0 Å². The third kappa shape index (κ3) is 6.25. The molecule has 0 atom stereocenters. The Morgan fingerprint density at radius 3 is 1.71 bits per heavy atom. The van der Waals surface area contributed by atoms with Crippen LogP contribution >= 0.6 is 0 Å². The fraction of sp³-hybridized carbons (Fsp3) is 0.333. The van der Waals surface area contributed by atoms with E-state index in [1.165, 1.54) is 35.1 Å². The van der Waals surface area contributed by atoms with E-state index in [9.17, 15) is 0 Å². The molecular weight excluding hydrogens is 442 g/mol. The van der Waals surface area contributed by atoms with Crippen LogP contribution in [0.1, 0.15) is 57.1 Å². The van der Waals surface area contributed by atoms with Gasteiger partial charge in [0.2, 0.25) is 0 Å². The van der Waals surface area contributed by atoms with Gasteiger partial charge in [-0.1, -0.05) is 100 Å². The summed E-state index contributed by atoms with van der Waals surface area (Å²) in [6.07, 6.45) is 11.8. The average molecular weight is 470 g/mol. The predicted octanol–water partition coefficient (Wildman–Crippen LogP) is -2.36. The monoisotopic (exact) mass is 468 g/mol. The molecule has 0 bridgehead atoms. The fourth-order valence-electron chi connectivity index (χ4n) is 3.88. The van der Waals surface area contributed by atoms with Crippen molar-refractivity contribution in [2.45, 2.75) is 51.4 Å². The van der Waals surface area contributed by atoms with Gasteiger partial charge in [-0.05, 0) is 17.5 Å². The quantitative estimate of drug-likeness (QED) is 0.315. The number of halogens is 3. The molecular formula is C24H27Cl3Ti. The molecule has 0 heterocycles. The third-order valence-corrected chi connectivity index (χ3v) is 5.20. The number of allylic oxidation sites excluding steroid dienone is 4. The molecule has 0 aliphatic heterocycles. The molecule has 0 radical (unpaired) electrons. The van der Waals surface area contributed by atoms with Gasteiger partial charge in [-0.25, -0.2) is 17.7 Å². The first kappa shape index (κ1) is 29.7. The Kier molecular flexibility index (Phi) is 15.4. The predicted molar refractivity (Wildman–Crippen MR) is 103 cm³/mol. The van der Waals surface area contributed by atoms with Crippen LogP contribution in [0.3, 0.4) is 0 Å². The normalized spacial score (nSPS) is 12.4. The number of rotatable bonds is 7. The minimum Gasteiger partial charge on any atom is -1.00 e. The van der Waals surface area contributed by atoms with Gasteiger partial charge in [0.15, 0.2) is 0 Å². The number of benzene rings is 2. The summed E-state index contributed by atoms with van der Waals surface area (Å²) >= 11 is 0. The number of hydrogen-bond acceptors (Lipinski definition) is 0. The van der Waals surface area contributed by atoms with Gasteiger partial charge >= 0.3 is 21.7 Å². The zero-order valence-corrected chi connectivity index (χ0v) is 20.3. The molecule has 0 N–H and O–H groups in total. The maximum Gasteiger partial charge on any atom is 4.00 e. The van der Waals surface area contributed by atoms with Crippen molar-refractivity contribution in [2.24, 2.45) is 0 Å². The van der Waals surface area contributed by atoms with E-state index >= 15 is 0 Å². The van der Waals surface area contributed by atoms with Crippen molar-refractivity contribution in [1.29, 1.82) is 0 Å². The molecule has 3 rings (SSSR count). The second-order valence-electron chi connectivity index (χ2n) is 6.63. The Morgan fingerprint density at radius 2 is 1.32 bits per heavy atom. The summed E-state index contributed by atoms with van der Waals surface area (Å²) < 4.78 is 0. The summed E-state index contributed by atoms with van der Waals surface area (Å²) in [5, 5.41) is 0. The molecule has 1 aliphatic carbocycles. The van der Waals surface area contributed by atoms with Crippen LogP contribution in [0.5, 0.6) is 0 Å². The Hall–Kier alpha value is -0.496. The maximum atomic E-state index is 3.77. The molecule has 0 nitrogen and oxygen atoms in total. The molecule has 4 heteroatoms. The van der Waals surface area contributed by atoms with Gasteiger partial charge in [0.1, 0.15) is 0 Å². The van der Waals surface area contributed by atoms with Gasteiger partial charge < -0.3 is 37.2 Å². The van der Waals surface area contributed by atoms with E-state index in [-0.39, 0.29) is 64.4 Å². The van der Waals surface area contributed by atoms with Crippen LogP contribution in [0.15, 0.2) is 77.9 Å². The van der Waals surface area contributed by atoms with Crippen molar-refractivity contribution in [3.63, 3.8) is 0 Å². The van der Waals surface area contributed by atoms with E-state index < -0.39 is 0 Å². The molecule has 2 aromatic carbocycles. The van der Waals surface area contributed by atoms with Crippen LogP contribution in [-0.4, -0.2) is 0 Å². The average Bonchev–Trinajstić information content (AvgIpc) is 3.14. The van der Waals surface area contributed by atoms with Crippen molar-refractivity contribution >= 4 is 0 Å². The Labute approximate surface area is 204 Å². The third-order valence-electron chi connectivity index (χ3n) is 5.20. The van der Waals surface area contributed by atoms with Gasteiger partial charge in [-0.3, -0.25) is 0 Å². The van der Waals surface area contributed by atoms with Gasteiger partial charge in [-0.2, -0.15) is 5.57 Å². The number of unbranched alkanes of at least 4 members (excludes halogenated alkanes) is 1. The van der Waals surface area contributed by atoms with Crippen LogP contribution in [0.2, 0.25) is 0 Å². The van der Waals surface area contributed by atoms with Crippen LogP contribution < -0.4 is 37.2 Å². The van der Waals surface area contributed by atoms with Crippen molar-refractivity contribution in [3.05, 3.63) is 95.1 Å². The molecule has 0 unspecified atom stereocenters. The van der Waals surface area contributed by atoms with Crippen LogP contribution in [0, 0.1) is 6.08 Å². The minimum atomic E-state index is -0.0497. The Bertz CT molecular complexity index is 685. The largest absolute Gasteiger partial charge is 4.00 e. The Balaban J connectivity index is 0. The van der Waals surface area contributed by atoms with Gasteiger partial charge in [-0.15, -0.1) is 0 Å². The standard InChI is InChI=1S/C24H27.3ClH.Ti/c1-3-5-18-24(21-12-8-6-9-13-21,22-14-10-7-11-15-22)23-17-16-20(4-2)19-23;;;;/h6-16H,3-5,17-18H2,1-2H3;3*1H;/q-1;;;;+4/p-3. The smallest absolute Gasteiger partial charge is 1.00 e. The SMILES string of the molecule is CCCCC(C1=[C-]C(CC)=CC1)(c1ccccc1)c1ccccc1.[Cl-].[Cl-].[Cl-].[Ti+4]. The van der Waals surface area contributed by atoms with Crippen LogP contribution in [0.25, 0.3) is 0 Å². The molecule has 0 saturated heterocycles. The summed E-state index contributed by atoms with van der Waals surface area (Å²) in [6.45, 7) is 4.50. The van der Waals surface area contributed by atoms with Gasteiger partial charge in [0, 0.05) is 5.41 Å². The van der Waals surface area contributed by atoms with Crippen LogP contribution in [0.4, 0.5) is 0 Å². The van der Waals surface area contributed by atoms with Gasteiger partial charge in [0.25, 0.3) is 0 Å². The molecule has 2 aromatic rings. The van der Waals surface area contributed by atoms with E-state index in [2.05, 4.69) is 86.7 Å².